The predicted octanol–water partition coefficient (Wildman–Crippen LogP) is 1.69. The van der Waals surface area contributed by atoms with E-state index in [2.05, 4.69) is 5.32 Å². The summed E-state index contributed by atoms with van der Waals surface area (Å²) >= 11 is 1.60. The summed E-state index contributed by atoms with van der Waals surface area (Å²) in [5.74, 6) is -3.37. The first kappa shape index (κ1) is 20.3. The highest BCUT2D eigenvalue weighted by Crippen LogP contribution is 2.31. The minimum absolute atomic E-state index is 0.0104. The number of esters is 1. The van der Waals surface area contributed by atoms with Crippen LogP contribution in [-0.2, 0) is 19.1 Å². The van der Waals surface area contributed by atoms with Crippen LogP contribution < -0.4 is 10.4 Å². The highest BCUT2D eigenvalue weighted by Gasteiger charge is 2.33. The Balaban J connectivity index is 2.17. The number of hydrogen-bond acceptors (Lipinski definition) is 6. The van der Waals surface area contributed by atoms with Gasteiger partial charge in [0.25, 0.3) is 0 Å². The van der Waals surface area contributed by atoms with Gasteiger partial charge in [-0.2, -0.15) is 0 Å². The molecule has 0 aliphatic heterocycles. The molecule has 1 N–H and O–H groups in total. The normalized spacial score (nSPS) is 20.8. The maximum Gasteiger partial charge on any atom is 0.307 e. The van der Waals surface area contributed by atoms with E-state index in [-0.39, 0.29) is 12.3 Å². The van der Waals surface area contributed by atoms with Gasteiger partial charge in [-0.05, 0) is 36.8 Å². The first-order valence-corrected chi connectivity index (χ1v) is 9.90. The number of benzene rings is 1. The number of ether oxygens (including phenoxy) is 1. The molecule has 0 unspecified atom stereocenters. The van der Waals surface area contributed by atoms with Crippen LogP contribution >= 0.6 is 11.8 Å². The number of rotatable bonds is 7. The van der Waals surface area contributed by atoms with Crippen LogP contribution in [0.3, 0.4) is 0 Å². The molecule has 1 fully saturated rings. The summed E-state index contributed by atoms with van der Waals surface area (Å²) in [6.45, 7) is 0. The average molecular weight is 378 g/mol. The first-order valence-electron chi connectivity index (χ1n) is 8.68. The SMILES string of the molecule is COC(=O)C[C@H](NC(=O)[C@H]1CCCC[C@@H]1C(=O)[O-])c1ccc(SC)cc1. The maximum atomic E-state index is 12.7. The summed E-state index contributed by atoms with van der Waals surface area (Å²) in [7, 11) is 1.30. The molecule has 3 atom stereocenters. The van der Waals surface area contributed by atoms with Gasteiger partial charge in [0.15, 0.2) is 0 Å². The van der Waals surface area contributed by atoms with Crippen molar-refractivity contribution in [1.82, 2.24) is 5.32 Å². The Kier molecular flexibility index (Phi) is 7.50. The molecule has 0 heterocycles. The molecule has 1 aromatic rings. The van der Waals surface area contributed by atoms with Crippen molar-refractivity contribution < 1.29 is 24.2 Å². The molecule has 6 nitrogen and oxygen atoms in total. The second-order valence-electron chi connectivity index (χ2n) is 6.43. The van der Waals surface area contributed by atoms with Gasteiger partial charge < -0.3 is 20.0 Å². The van der Waals surface area contributed by atoms with Crippen LogP contribution in [0.5, 0.6) is 0 Å². The second-order valence-corrected chi connectivity index (χ2v) is 7.31. The van der Waals surface area contributed by atoms with Crippen LogP contribution in [0.4, 0.5) is 0 Å². The smallest absolute Gasteiger partial charge is 0.307 e. The number of nitrogens with one attached hydrogen (secondary N) is 1. The number of amides is 1. The van der Waals surface area contributed by atoms with E-state index in [0.717, 1.165) is 23.3 Å². The molecule has 0 bridgehead atoms. The average Bonchev–Trinajstić information content (AvgIpc) is 2.67. The quantitative estimate of drug-likeness (QED) is 0.573. The molecule has 2 rings (SSSR count). The Morgan fingerprint density at radius 3 is 2.35 bits per heavy atom. The second kappa shape index (κ2) is 9.62. The fourth-order valence-electron chi connectivity index (χ4n) is 3.34. The minimum Gasteiger partial charge on any atom is -0.550 e. The summed E-state index contributed by atoms with van der Waals surface area (Å²) in [4.78, 5) is 36.9. The van der Waals surface area contributed by atoms with Gasteiger partial charge in [0.2, 0.25) is 5.91 Å². The maximum absolute atomic E-state index is 12.7. The van der Waals surface area contributed by atoms with E-state index in [1.807, 2.05) is 30.5 Å². The third kappa shape index (κ3) is 5.24. The van der Waals surface area contributed by atoms with E-state index in [4.69, 9.17) is 4.74 Å². The zero-order valence-corrected chi connectivity index (χ0v) is 15.8. The fourth-order valence-corrected chi connectivity index (χ4v) is 3.75. The molecule has 0 saturated heterocycles. The number of carboxylic acids is 1. The number of aliphatic carboxylic acids is 1. The van der Waals surface area contributed by atoms with Crippen LogP contribution in [0.1, 0.15) is 43.7 Å². The molecule has 1 aromatic carbocycles. The van der Waals surface area contributed by atoms with E-state index in [1.165, 1.54) is 7.11 Å². The van der Waals surface area contributed by atoms with Crippen molar-refractivity contribution in [3.05, 3.63) is 29.8 Å². The molecular formula is C19H24NO5S-. The number of thioether (sulfide) groups is 1. The summed E-state index contributed by atoms with van der Waals surface area (Å²) in [6.07, 6.45) is 4.51. The number of hydrogen-bond donors (Lipinski definition) is 1. The monoisotopic (exact) mass is 378 g/mol. The van der Waals surface area contributed by atoms with Crippen molar-refractivity contribution in [3.63, 3.8) is 0 Å². The van der Waals surface area contributed by atoms with Gasteiger partial charge in [0, 0.05) is 22.7 Å². The third-order valence-electron chi connectivity index (χ3n) is 4.84. The lowest BCUT2D eigenvalue weighted by molar-refractivity contribution is -0.314. The lowest BCUT2D eigenvalue weighted by Crippen LogP contribution is -2.45. The lowest BCUT2D eigenvalue weighted by Gasteiger charge is -2.32. The number of carbonyl (C=O) groups excluding carboxylic acids is 3. The molecule has 0 radical (unpaired) electrons. The Labute approximate surface area is 157 Å². The van der Waals surface area contributed by atoms with E-state index >= 15 is 0 Å². The van der Waals surface area contributed by atoms with Gasteiger partial charge in [-0.25, -0.2) is 0 Å². The Morgan fingerprint density at radius 2 is 1.81 bits per heavy atom. The lowest BCUT2D eigenvalue weighted by atomic mass is 9.78. The van der Waals surface area contributed by atoms with E-state index < -0.39 is 29.8 Å². The molecule has 0 spiro atoms. The van der Waals surface area contributed by atoms with Gasteiger partial charge in [0.05, 0.1) is 19.6 Å². The number of methoxy groups -OCH3 is 1. The summed E-state index contributed by atoms with van der Waals surface area (Å²) in [5.41, 5.74) is 0.780. The topological polar surface area (TPSA) is 95.5 Å². The largest absolute Gasteiger partial charge is 0.550 e. The molecule has 1 aliphatic carbocycles. The van der Waals surface area contributed by atoms with Gasteiger partial charge in [-0.1, -0.05) is 25.0 Å². The van der Waals surface area contributed by atoms with E-state index in [9.17, 15) is 19.5 Å². The molecular weight excluding hydrogens is 354 g/mol. The van der Waals surface area contributed by atoms with Crippen molar-refractivity contribution in [2.45, 2.75) is 43.0 Å². The number of carbonyl (C=O) groups is 3. The molecule has 7 heteroatoms. The molecule has 142 valence electrons. The first-order chi connectivity index (χ1) is 12.5. The van der Waals surface area contributed by atoms with Gasteiger partial charge in [-0.15, -0.1) is 11.8 Å². The third-order valence-corrected chi connectivity index (χ3v) is 5.58. The Bertz CT molecular complexity index is 646. The highest BCUT2D eigenvalue weighted by atomic mass is 32.2. The predicted molar refractivity (Wildman–Crippen MR) is 96.2 cm³/mol. The Hall–Kier alpha value is -2.02. The van der Waals surface area contributed by atoms with Crippen LogP contribution in [0.2, 0.25) is 0 Å². The van der Waals surface area contributed by atoms with Crippen molar-refractivity contribution in [2.75, 3.05) is 13.4 Å². The highest BCUT2D eigenvalue weighted by molar-refractivity contribution is 7.98. The van der Waals surface area contributed by atoms with Gasteiger partial charge in [-0.3, -0.25) is 9.59 Å². The summed E-state index contributed by atoms with van der Waals surface area (Å²) in [5, 5.41) is 14.2. The van der Waals surface area contributed by atoms with Gasteiger partial charge in [0.1, 0.15) is 0 Å². The Morgan fingerprint density at radius 1 is 1.19 bits per heavy atom. The van der Waals surface area contributed by atoms with Crippen molar-refractivity contribution in [1.29, 1.82) is 0 Å². The number of carboxylic acid groups (broad SMARTS) is 1. The zero-order valence-electron chi connectivity index (χ0n) is 15.0. The minimum atomic E-state index is -1.18. The molecule has 26 heavy (non-hydrogen) atoms. The summed E-state index contributed by atoms with van der Waals surface area (Å²) < 4.78 is 4.74. The van der Waals surface area contributed by atoms with Crippen molar-refractivity contribution in [2.24, 2.45) is 11.8 Å². The molecule has 1 saturated carbocycles. The summed E-state index contributed by atoms with van der Waals surface area (Å²) in [6, 6.07) is 6.99. The van der Waals surface area contributed by atoms with E-state index in [1.54, 1.807) is 11.8 Å². The molecule has 1 amide bonds. The van der Waals surface area contributed by atoms with Crippen molar-refractivity contribution >= 4 is 29.6 Å². The van der Waals surface area contributed by atoms with Crippen molar-refractivity contribution in [3.8, 4) is 0 Å². The van der Waals surface area contributed by atoms with Crippen LogP contribution in [-0.4, -0.2) is 31.2 Å². The molecule has 1 aliphatic rings. The molecule has 0 aromatic heterocycles. The fraction of sp³-hybridized carbons (Fsp3) is 0.526. The zero-order chi connectivity index (χ0) is 19.1. The van der Waals surface area contributed by atoms with Crippen LogP contribution in [0.15, 0.2) is 29.2 Å². The standard InChI is InChI=1S/C19H25NO5S/c1-25-17(21)11-16(12-7-9-13(26-2)10-8-12)20-18(22)14-5-3-4-6-15(14)19(23)24/h7-10,14-16H,3-6,11H2,1-2H3,(H,20,22)(H,23,24)/p-1/t14-,15-,16-/m0/s1. The van der Waals surface area contributed by atoms with Crippen LogP contribution in [0.25, 0.3) is 0 Å². The van der Waals surface area contributed by atoms with Crippen LogP contribution in [0, 0.1) is 11.8 Å². The van der Waals surface area contributed by atoms with E-state index in [0.29, 0.717) is 12.8 Å². The van der Waals surface area contributed by atoms with Gasteiger partial charge >= 0.3 is 5.97 Å².